The molecule has 5 nitrogen and oxygen atoms in total. The molecule has 2 aliphatic rings. The van der Waals surface area contributed by atoms with Crippen molar-refractivity contribution in [2.75, 3.05) is 0 Å². The molecule has 0 radical (unpaired) electrons. The SMILES string of the molecule is CC#CCC(C)[C@H](O)/C=C/[C@@H]1[C@H]2C/C(=C/CCCC(=O)O[C@H](C(C)=O)c3ccccc3)C[C@H]2C[C@H]1O. The largest absolute Gasteiger partial charge is 0.449 e. The van der Waals surface area contributed by atoms with E-state index in [9.17, 15) is 19.8 Å². The van der Waals surface area contributed by atoms with Crippen LogP contribution < -0.4 is 0 Å². The highest BCUT2D eigenvalue weighted by molar-refractivity contribution is 5.84. The van der Waals surface area contributed by atoms with Gasteiger partial charge in [-0.05, 0) is 69.3 Å². The van der Waals surface area contributed by atoms with Gasteiger partial charge in [0.25, 0.3) is 0 Å². The van der Waals surface area contributed by atoms with Crippen molar-refractivity contribution in [2.24, 2.45) is 23.7 Å². The molecule has 2 N–H and O–H groups in total. The predicted molar refractivity (Wildman–Crippen MR) is 141 cm³/mol. The van der Waals surface area contributed by atoms with E-state index in [2.05, 4.69) is 17.9 Å². The van der Waals surface area contributed by atoms with Crippen molar-refractivity contribution in [3.63, 3.8) is 0 Å². The van der Waals surface area contributed by atoms with Crippen LogP contribution in [0.2, 0.25) is 0 Å². The molecule has 3 rings (SSSR count). The van der Waals surface area contributed by atoms with E-state index in [1.165, 1.54) is 12.5 Å². The zero-order valence-electron chi connectivity index (χ0n) is 21.7. The molecule has 0 bridgehead atoms. The number of benzene rings is 1. The average Bonchev–Trinajstić information content (AvgIpc) is 3.38. The van der Waals surface area contributed by atoms with E-state index in [4.69, 9.17) is 4.74 Å². The van der Waals surface area contributed by atoms with E-state index in [1.54, 1.807) is 19.1 Å². The van der Waals surface area contributed by atoms with Crippen LogP contribution in [0.25, 0.3) is 0 Å². The zero-order chi connectivity index (χ0) is 26.1. The molecule has 0 aromatic heterocycles. The summed E-state index contributed by atoms with van der Waals surface area (Å²) in [5.41, 5.74) is 2.09. The maximum absolute atomic E-state index is 12.3. The number of ether oxygens (including phenoxy) is 1. The summed E-state index contributed by atoms with van der Waals surface area (Å²) in [7, 11) is 0. The van der Waals surface area contributed by atoms with Crippen LogP contribution >= 0.6 is 0 Å². The smallest absolute Gasteiger partial charge is 0.306 e. The number of unbranched alkanes of at least 4 members (excludes halogenated alkanes) is 1. The van der Waals surface area contributed by atoms with Gasteiger partial charge in [0.2, 0.25) is 0 Å². The predicted octanol–water partition coefficient (Wildman–Crippen LogP) is 5.33. The van der Waals surface area contributed by atoms with Crippen LogP contribution in [0.5, 0.6) is 0 Å². The van der Waals surface area contributed by atoms with Crippen LogP contribution in [-0.2, 0) is 14.3 Å². The number of rotatable bonds is 11. The summed E-state index contributed by atoms with van der Waals surface area (Å²) >= 11 is 0. The number of carbonyl (C=O) groups is 2. The van der Waals surface area contributed by atoms with Gasteiger partial charge in [-0.1, -0.05) is 61.1 Å². The molecule has 2 aliphatic carbocycles. The molecule has 1 aromatic carbocycles. The molecular formula is C31H40O5. The molecule has 0 saturated heterocycles. The third-order valence-electron chi connectivity index (χ3n) is 7.56. The van der Waals surface area contributed by atoms with Gasteiger partial charge < -0.3 is 14.9 Å². The van der Waals surface area contributed by atoms with Gasteiger partial charge in [0.15, 0.2) is 11.9 Å². The second kappa shape index (κ2) is 13.6. The number of hydrogen-bond acceptors (Lipinski definition) is 5. The fourth-order valence-electron chi connectivity index (χ4n) is 5.51. The van der Waals surface area contributed by atoms with Gasteiger partial charge in [0.1, 0.15) is 0 Å². The van der Waals surface area contributed by atoms with Crippen LogP contribution in [0, 0.1) is 35.5 Å². The zero-order valence-corrected chi connectivity index (χ0v) is 21.7. The average molecular weight is 493 g/mol. The van der Waals surface area contributed by atoms with Crippen LogP contribution in [0.15, 0.2) is 54.1 Å². The minimum absolute atomic E-state index is 0.0622. The van der Waals surface area contributed by atoms with Crippen molar-refractivity contribution in [3.8, 4) is 11.8 Å². The molecule has 1 unspecified atom stereocenters. The van der Waals surface area contributed by atoms with Crippen LogP contribution in [0.3, 0.4) is 0 Å². The van der Waals surface area contributed by atoms with Crippen LogP contribution in [0.1, 0.15) is 77.4 Å². The van der Waals surface area contributed by atoms with E-state index < -0.39 is 12.2 Å². The fraction of sp³-hybridized carbons (Fsp3) is 0.548. The molecule has 1 aromatic rings. The number of aliphatic hydroxyl groups excluding tert-OH is 2. The molecule has 2 fully saturated rings. The minimum atomic E-state index is -0.844. The quantitative estimate of drug-likeness (QED) is 0.189. The number of hydrogen-bond donors (Lipinski definition) is 2. The summed E-state index contributed by atoms with van der Waals surface area (Å²) in [5.74, 6) is 6.34. The molecule has 0 heterocycles. The number of Topliss-reactive ketones (excluding diaryl/α,β-unsaturated/α-hetero) is 1. The second-order valence-electron chi connectivity index (χ2n) is 10.3. The molecule has 36 heavy (non-hydrogen) atoms. The summed E-state index contributed by atoms with van der Waals surface area (Å²) in [6.07, 6.45) is 9.47. The number of allylic oxidation sites excluding steroid dienone is 2. The van der Waals surface area contributed by atoms with Gasteiger partial charge >= 0.3 is 5.97 Å². The Bertz CT molecular complexity index is 999. The number of fused-ring (bicyclic) bond motifs is 1. The Balaban J connectivity index is 1.46. The first-order valence-electron chi connectivity index (χ1n) is 13.2. The standard InChI is InChI=1S/C31H40O5/c1-4-5-11-21(2)28(33)17-16-26-27-19-23(18-25(27)20-29(26)34)12-9-10-15-30(35)36-31(22(3)32)24-13-7-6-8-14-24/h6-8,12-14,16-17,21,25-29,31,33-34H,9-11,15,18-20H2,1-3H3/b17-16+,23-12+/t21?,25-,26+,27-,28+,29+,31+/m0/s1. The van der Waals surface area contributed by atoms with Crippen molar-refractivity contribution in [1.82, 2.24) is 0 Å². The summed E-state index contributed by atoms with van der Waals surface area (Å²) in [4.78, 5) is 24.3. The first-order chi connectivity index (χ1) is 17.3. The lowest BCUT2D eigenvalue weighted by Gasteiger charge is -2.19. The van der Waals surface area contributed by atoms with Crippen molar-refractivity contribution >= 4 is 11.8 Å². The van der Waals surface area contributed by atoms with E-state index in [0.29, 0.717) is 30.2 Å². The third-order valence-corrected chi connectivity index (χ3v) is 7.56. The van der Waals surface area contributed by atoms with Gasteiger partial charge in [-0.15, -0.1) is 11.8 Å². The summed E-state index contributed by atoms with van der Waals surface area (Å²) in [6, 6.07) is 9.10. The van der Waals surface area contributed by atoms with E-state index in [-0.39, 0.29) is 36.1 Å². The molecule has 7 atom stereocenters. The lowest BCUT2D eigenvalue weighted by Crippen LogP contribution is -2.19. The van der Waals surface area contributed by atoms with Gasteiger partial charge in [-0.3, -0.25) is 9.59 Å². The monoisotopic (exact) mass is 492 g/mol. The first-order valence-corrected chi connectivity index (χ1v) is 13.2. The molecular weight excluding hydrogens is 452 g/mol. The molecule has 0 amide bonds. The van der Waals surface area contributed by atoms with Crippen LogP contribution in [0.4, 0.5) is 0 Å². The number of ketones is 1. The highest BCUT2D eigenvalue weighted by Crippen LogP contribution is 2.50. The van der Waals surface area contributed by atoms with Gasteiger partial charge in [0.05, 0.1) is 12.2 Å². The first kappa shape index (κ1) is 27.9. The Hall–Kier alpha value is -2.68. The number of carbonyl (C=O) groups excluding carboxylic acids is 2. The highest BCUT2D eigenvalue weighted by atomic mass is 16.5. The lowest BCUT2D eigenvalue weighted by molar-refractivity contribution is -0.155. The van der Waals surface area contributed by atoms with Crippen molar-refractivity contribution in [3.05, 3.63) is 59.7 Å². The molecule has 194 valence electrons. The van der Waals surface area contributed by atoms with Gasteiger partial charge in [0, 0.05) is 18.8 Å². The summed E-state index contributed by atoms with van der Waals surface area (Å²) in [6.45, 7) is 5.23. The molecule has 0 spiro atoms. The van der Waals surface area contributed by atoms with Crippen LogP contribution in [-0.4, -0.2) is 34.2 Å². The van der Waals surface area contributed by atoms with Gasteiger partial charge in [-0.25, -0.2) is 0 Å². The second-order valence-corrected chi connectivity index (χ2v) is 10.3. The maximum Gasteiger partial charge on any atom is 0.306 e. The number of aliphatic hydroxyl groups is 2. The van der Waals surface area contributed by atoms with Crippen molar-refractivity contribution < 1.29 is 24.5 Å². The molecule has 2 saturated carbocycles. The summed E-state index contributed by atoms with van der Waals surface area (Å²) < 4.78 is 5.47. The fourth-order valence-corrected chi connectivity index (χ4v) is 5.51. The highest BCUT2D eigenvalue weighted by Gasteiger charge is 2.45. The Morgan fingerprint density at radius 2 is 1.97 bits per heavy atom. The Morgan fingerprint density at radius 3 is 2.67 bits per heavy atom. The molecule has 5 heteroatoms. The van der Waals surface area contributed by atoms with E-state index >= 15 is 0 Å². The number of esters is 1. The van der Waals surface area contributed by atoms with E-state index in [1.807, 2.05) is 37.3 Å². The lowest BCUT2D eigenvalue weighted by atomic mass is 9.89. The topological polar surface area (TPSA) is 83.8 Å². The maximum atomic E-state index is 12.3. The Morgan fingerprint density at radius 1 is 1.22 bits per heavy atom. The molecule has 0 aliphatic heterocycles. The Labute approximate surface area is 215 Å². The normalized spacial score (nSPS) is 26.8. The Kier molecular flexibility index (Phi) is 10.5. The van der Waals surface area contributed by atoms with Crippen molar-refractivity contribution in [2.45, 2.75) is 84.0 Å². The summed E-state index contributed by atoms with van der Waals surface area (Å²) in [5, 5.41) is 21.0. The van der Waals surface area contributed by atoms with Gasteiger partial charge in [-0.2, -0.15) is 0 Å². The van der Waals surface area contributed by atoms with Crippen molar-refractivity contribution in [1.29, 1.82) is 0 Å². The third kappa shape index (κ3) is 7.66. The minimum Gasteiger partial charge on any atom is -0.449 e. The van der Waals surface area contributed by atoms with E-state index in [0.717, 1.165) is 25.7 Å².